The molecule has 0 heterocycles. The Bertz CT molecular complexity index is 213. The van der Waals surface area contributed by atoms with Gasteiger partial charge in [-0.25, -0.2) is 0 Å². The highest BCUT2D eigenvalue weighted by molar-refractivity contribution is 5.67. The van der Waals surface area contributed by atoms with E-state index in [0.717, 1.165) is 25.7 Å². The van der Waals surface area contributed by atoms with Gasteiger partial charge in [0.2, 0.25) is 0 Å². The van der Waals surface area contributed by atoms with Gasteiger partial charge in [0.1, 0.15) is 0 Å². The monoisotopic (exact) mass is 269 g/mol. The van der Waals surface area contributed by atoms with Crippen LogP contribution in [0.5, 0.6) is 0 Å². The minimum absolute atomic E-state index is 0.219. The molecule has 0 saturated carbocycles. The van der Waals surface area contributed by atoms with Crippen LogP contribution in [-0.4, -0.2) is 5.97 Å². The van der Waals surface area contributed by atoms with Crippen LogP contribution in [0.2, 0.25) is 0 Å². The maximum absolute atomic E-state index is 11.2. The summed E-state index contributed by atoms with van der Waals surface area (Å²) < 4.78 is 0. The third-order valence-corrected chi connectivity index (χ3v) is 4.15. The quantitative estimate of drug-likeness (QED) is 0.467. The van der Waals surface area contributed by atoms with Crippen molar-refractivity contribution < 1.29 is 9.90 Å². The summed E-state index contributed by atoms with van der Waals surface area (Å²) in [7, 11) is 0. The van der Waals surface area contributed by atoms with Gasteiger partial charge in [0.15, 0.2) is 0 Å². The van der Waals surface area contributed by atoms with Crippen LogP contribution < -0.4 is 5.11 Å². The van der Waals surface area contributed by atoms with E-state index in [-0.39, 0.29) is 5.92 Å². The molecule has 0 bridgehead atoms. The lowest BCUT2D eigenvalue weighted by Gasteiger charge is -2.23. The zero-order valence-electron chi connectivity index (χ0n) is 13.2. The molecule has 2 atom stereocenters. The Kier molecular flexibility index (Phi) is 12.2. The van der Waals surface area contributed by atoms with Gasteiger partial charge in [-0.05, 0) is 24.7 Å². The van der Waals surface area contributed by atoms with Crippen molar-refractivity contribution in [1.29, 1.82) is 0 Å². The van der Waals surface area contributed by atoms with E-state index in [0.29, 0.717) is 5.92 Å². The van der Waals surface area contributed by atoms with Gasteiger partial charge in [-0.2, -0.15) is 0 Å². The molecule has 0 radical (unpaired) electrons. The van der Waals surface area contributed by atoms with E-state index >= 15 is 0 Å². The number of rotatable bonds is 13. The fraction of sp³-hybridized carbons (Fsp3) is 0.941. The van der Waals surface area contributed by atoms with Crippen molar-refractivity contribution >= 4 is 5.97 Å². The summed E-state index contributed by atoms with van der Waals surface area (Å²) >= 11 is 0. The van der Waals surface area contributed by atoms with E-state index in [4.69, 9.17) is 0 Å². The summed E-state index contributed by atoms with van der Waals surface area (Å²) in [5, 5.41) is 11.2. The number of aliphatic carboxylic acids is 1. The van der Waals surface area contributed by atoms with Gasteiger partial charge >= 0.3 is 0 Å². The molecular formula is C17H33O2-. The number of hydrogen-bond acceptors (Lipinski definition) is 2. The van der Waals surface area contributed by atoms with Gasteiger partial charge in [0, 0.05) is 5.97 Å². The van der Waals surface area contributed by atoms with Crippen LogP contribution in [0.3, 0.4) is 0 Å². The van der Waals surface area contributed by atoms with Gasteiger partial charge in [-0.15, -0.1) is 0 Å². The van der Waals surface area contributed by atoms with Crippen molar-refractivity contribution in [3.63, 3.8) is 0 Å². The normalized spacial score (nSPS) is 14.3. The third-order valence-electron chi connectivity index (χ3n) is 4.15. The number of hydrogen-bond donors (Lipinski definition) is 0. The highest BCUT2D eigenvalue weighted by atomic mass is 16.4. The maximum Gasteiger partial charge on any atom is 0.0445 e. The van der Waals surface area contributed by atoms with E-state index < -0.39 is 5.97 Å². The first kappa shape index (κ1) is 18.5. The zero-order valence-corrected chi connectivity index (χ0v) is 13.2. The molecular weight excluding hydrogens is 236 g/mol. The molecule has 0 aromatic rings. The Labute approximate surface area is 120 Å². The summed E-state index contributed by atoms with van der Waals surface area (Å²) in [6.45, 7) is 6.56. The molecule has 2 heteroatoms. The van der Waals surface area contributed by atoms with E-state index in [1.54, 1.807) is 0 Å². The largest absolute Gasteiger partial charge is 0.550 e. The van der Waals surface area contributed by atoms with Crippen molar-refractivity contribution in [2.24, 2.45) is 11.8 Å². The first-order valence-corrected chi connectivity index (χ1v) is 8.36. The molecule has 114 valence electrons. The predicted molar refractivity (Wildman–Crippen MR) is 79.8 cm³/mol. The molecule has 0 rings (SSSR count). The fourth-order valence-corrected chi connectivity index (χ4v) is 2.71. The first-order valence-electron chi connectivity index (χ1n) is 8.36. The SMILES string of the molecule is CCCCCCCC(CC(CC)CCCC)C(=O)[O-]. The Morgan fingerprint density at radius 3 is 2.05 bits per heavy atom. The summed E-state index contributed by atoms with van der Waals surface area (Å²) in [5.74, 6) is -0.479. The van der Waals surface area contributed by atoms with Gasteiger partial charge in [-0.3, -0.25) is 0 Å². The molecule has 0 saturated heterocycles. The Balaban J connectivity index is 3.98. The van der Waals surface area contributed by atoms with Crippen molar-refractivity contribution in [2.45, 2.75) is 91.4 Å². The van der Waals surface area contributed by atoms with Crippen LogP contribution in [0.1, 0.15) is 91.4 Å². The first-order chi connectivity index (χ1) is 9.15. The number of carboxylic acid groups (broad SMARTS) is 1. The Morgan fingerprint density at radius 2 is 1.53 bits per heavy atom. The number of carbonyl (C=O) groups excluding carboxylic acids is 1. The maximum atomic E-state index is 11.2. The summed E-state index contributed by atoms with van der Waals surface area (Å²) in [5.41, 5.74) is 0. The second-order valence-corrected chi connectivity index (χ2v) is 5.87. The topological polar surface area (TPSA) is 40.1 Å². The molecule has 19 heavy (non-hydrogen) atoms. The second kappa shape index (κ2) is 12.5. The van der Waals surface area contributed by atoms with E-state index in [2.05, 4.69) is 20.8 Å². The summed E-state index contributed by atoms with van der Waals surface area (Å²) in [4.78, 5) is 11.2. The summed E-state index contributed by atoms with van der Waals surface area (Å²) in [6.07, 6.45) is 12.3. The molecule has 0 N–H and O–H groups in total. The minimum Gasteiger partial charge on any atom is -0.550 e. The van der Waals surface area contributed by atoms with Crippen molar-refractivity contribution in [1.82, 2.24) is 0 Å². The van der Waals surface area contributed by atoms with Crippen LogP contribution in [0.15, 0.2) is 0 Å². The molecule has 0 aromatic heterocycles. The molecule has 0 aliphatic rings. The molecule has 0 aromatic carbocycles. The lowest BCUT2D eigenvalue weighted by atomic mass is 9.86. The molecule has 0 aliphatic carbocycles. The molecule has 0 aliphatic heterocycles. The number of carboxylic acids is 1. The van der Waals surface area contributed by atoms with Crippen molar-refractivity contribution in [3.8, 4) is 0 Å². The Hall–Kier alpha value is -0.530. The highest BCUT2D eigenvalue weighted by Crippen LogP contribution is 2.25. The van der Waals surface area contributed by atoms with Gasteiger partial charge in [0.25, 0.3) is 0 Å². The fourth-order valence-electron chi connectivity index (χ4n) is 2.71. The zero-order chi connectivity index (χ0) is 14.5. The Morgan fingerprint density at radius 1 is 0.895 bits per heavy atom. The van der Waals surface area contributed by atoms with Crippen LogP contribution in [0.4, 0.5) is 0 Å². The van der Waals surface area contributed by atoms with Crippen LogP contribution >= 0.6 is 0 Å². The molecule has 2 nitrogen and oxygen atoms in total. The van der Waals surface area contributed by atoms with E-state index in [1.807, 2.05) is 0 Å². The van der Waals surface area contributed by atoms with Crippen molar-refractivity contribution in [2.75, 3.05) is 0 Å². The lowest BCUT2D eigenvalue weighted by Crippen LogP contribution is -2.32. The standard InChI is InChI=1S/C17H34O2/c1-4-7-9-10-11-13-16(17(18)19)14-15(6-3)12-8-5-2/h15-16H,4-14H2,1-3H3,(H,18,19)/p-1. The van der Waals surface area contributed by atoms with Crippen LogP contribution in [0.25, 0.3) is 0 Å². The predicted octanol–water partition coefficient (Wildman–Crippen LogP) is 4.32. The van der Waals surface area contributed by atoms with Gasteiger partial charge < -0.3 is 9.90 Å². The van der Waals surface area contributed by atoms with E-state index in [9.17, 15) is 9.90 Å². The van der Waals surface area contributed by atoms with Gasteiger partial charge in [0.05, 0.1) is 0 Å². The lowest BCUT2D eigenvalue weighted by molar-refractivity contribution is -0.312. The molecule has 2 unspecified atom stereocenters. The highest BCUT2D eigenvalue weighted by Gasteiger charge is 2.15. The summed E-state index contributed by atoms with van der Waals surface area (Å²) in [6, 6.07) is 0. The van der Waals surface area contributed by atoms with Crippen LogP contribution in [0, 0.1) is 11.8 Å². The minimum atomic E-state index is -0.828. The van der Waals surface area contributed by atoms with E-state index in [1.165, 1.54) is 44.9 Å². The number of unbranched alkanes of at least 4 members (excludes halogenated alkanes) is 5. The average molecular weight is 269 g/mol. The van der Waals surface area contributed by atoms with Crippen LogP contribution in [-0.2, 0) is 4.79 Å². The third kappa shape index (κ3) is 9.98. The molecule has 0 spiro atoms. The van der Waals surface area contributed by atoms with Gasteiger partial charge in [-0.1, -0.05) is 78.6 Å². The number of carbonyl (C=O) groups is 1. The smallest absolute Gasteiger partial charge is 0.0445 e. The molecule has 0 amide bonds. The average Bonchev–Trinajstić information content (AvgIpc) is 2.40. The van der Waals surface area contributed by atoms with Crippen molar-refractivity contribution in [3.05, 3.63) is 0 Å². The molecule has 0 fully saturated rings. The second-order valence-electron chi connectivity index (χ2n) is 5.87.